The fraction of sp³-hybridized carbons (Fsp3) is 0.158. The number of thiophene rings is 1. The minimum atomic E-state index is -4.65. The van der Waals surface area contributed by atoms with E-state index >= 15 is 0 Å². The van der Waals surface area contributed by atoms with Crippen molar-refractivity contribution < 1.29 is 26.0 Å². The van der Waals surface area contributed by atoms with Crippen molar-refractivity contribution >= 4 is 21.4 Å². The Balaban J connectivity index is 1.99. The number of nitrogens with zero attached hydrogens (tertiary/aromatic N) is 1. The van der Waals surface area contributed by atoms with Gasteiger partial charge in [0.1, 0.15) is 5.82 Å². The number of benzene rings is 2. The summed E-state index contributed by atoms with van der Waals surface area (Å²) in [6.45, 7) is -0.117. The predicted molar refractivity (Wildman–Crippen MR) is 98.6 cm³/mol. The summed E-state index contributed by atoms with van der Waals surface area (Å²) in [7, 11) is -4.22. The molecule has 28 heavy (non-hydrogen) atoms. The van der Waals surface area contributed by atoms with Crippen LogP contribution < -0.4 is 0 Å². The first-order valence-corrected chi connectivity index (χ1v) is 10.5. The van der Waals surface area contributed by atoms with Crippen LogP contribution in [0.1, 0.15) is 16.7 Å². The molecule has 0 fully saturated rings. The Bertz CT molecular complexity index is 1030. The summed E-state index contributed by atoms with van der Waals surface area (Å²) in [5.74, 6) is -0.464. The molecule has 0 spiro atoms. The van der Waals surface area contributed by atoms with Crippen molar-refractivity contribution in [1.82, 2.24) is 4.31 Å². The summed E-state index contributed by atoms with van der Waals surface area (Å²) in [5.41, 5.74) is 0.195. The summed E-state index contributed by atoms with van der Waals surface area (Å²) in [4.78, 5) is -0.445. The van der Waals surface area contributed by atoms with Gasteiger partial charge in [-0.1, -0.05) is 18.2 Å². The molecule has 0 aliphatic carbocycles. The lowest BCUT2D eigenvalue weighted by Gasteiger charge is -2.22. The zero-order valence-electron chi connectivity index (χ0n) is 14.4. The van der Waals surface area contributed by atoms with Crippen LogP contribution in [-0.4, -0.2) is 12.7 Å². The van der Waals surface area contributed by atoms with Crippen LogP contribution in [0.2, 0.25) is 0 Å². The van der Waals surface area contributed by atoms with Gasteiger partial charge in [-0.15, -0.1) is 0 Å². The van der Waals surface area contributed by atoms with E-state index in [0.29, 0.717) is 17.2 Å². The van der Waals surface area contributed by atoms with E-state index in [-0.39, 0.29) is 13.1 Å². The fourth-order valence-corrected chi connectivity index (χ4v) is 4.71. The number of rotatable bonds is 6. The quantitative estimate of drug-likeness (QED) is 0.499. The summed E-state index contributed by atoms with van der Waals surface area (Å²) in [6.07, 6.45) is -4.65. The molecule has 2 aromatic carbocycles. The van der Waals surface area contributed by atoms with Crippen LogP contribution in [-0.2, 0) is 29.3 Å². The lowest BCUT2D eigenvalue weighted by Crippen LogP contribution is -2.30. The maximum Gasteiger partial charge on any atom is 0.416 e. The van der Waals surface area contributed by atoms with E-state index in [0.717, 1.165) is 22.5 Å². The molecule has 0 N–H and O–H groups in total. The van der Waals surface area contributed by atoms with Gasteiger partial charge in [0.05, 0.1) is 10.5 Å². The highest BCUT2D eigenvalue weighted by Gasteiger charge is 2.33. The minimum absolute atomic E-state index is 0.0144. The van der Waals surface area contributed by atoms with Gasteiger partial charge in [-0.05, 0) is 58.3 Å². The van der Waals surface area contributed by atoms with E-state index in [1.54, 1.807) is 16.8 Å². The molecule has 1 aromatic heterocycles. The van der Waals surface area contributed by atoms with Crippen molar-refractivity contribution in [2.75, 3.05) is 0 Å². The van der Waals surface area contributed by atoms with Gasteiger partial charge >= 0.3 is 6.18 Å². The van der Waals surface area contributed by atoms with Crippen molar-refractivity contribution in [2.45, 2.75) is 24.2 Å². The van der Waals surface area contributed by atoms with E-state index in [2.05, 4.69) is 0 Å². The molecule has 0 aliphatic rings. The summed E-state index contributed by atoms with van der Waals surface area (Å²) in [5, 5.41) is 3.54. The van der Waals surface area contributed by atoms with Gasteiger partial charge in [0.2, 0.25) is 10.0 Å². The van der Waals surface area contributed by atoms with Gasteiger partial charge in [-0.2, -0.15) is 28.8 Å². The zero-order chi connectivity index (χ0) is 20.4. The minimum Gasteiger partial charge on any atom is -0.207 e. The first-order chi connectivity index (χ1) is 13.2. The smallest absolute Gasteiger partial charge is 0.207 e. The fourth-order valence-electron chi connectivity index (χ4n) is 2.59. The number of sulfonamides is 1. The Morgan fingerprint density at radius 3 is 2.21 bits per heavy atom. The Hall–Kier alpha value is -2.23. The molecular weight excluding hydrogens is 414 g/mol. The first kappa shape index (κ1) is 20.5. The third kappa shape index (κ3) is 4.78. The van der Waals surface area contributed by atoms with Crippen LogP contribution in [0.25, 0.3) is 0 Å². The second-order valence-corrected chi connectivity index (χ2v) is 8.77. The lowest BCUT2D eigenvalue weighted by atomic mass is 10.2. The lowest BCUT2D eigenvalue weighted by molar-refractivity contribution is -0.137. The van der Waals surface area contributed by atoms with Crippen LogP contribution in [0, 0.1) is 5.82 Å². The largest absolute Gasteiger partial charge is 0.416 e. The van der Waals surface area contributed by atoms with Crippen LogP contribution in [0.3, 0.4) is 0 Å². The van der Waals surface area contributed by atoms with E-state index in [1.165, 1.54) is 35.6 Å². The average molecular weight is 429 g/mol. The molecule has 0 aliphatic heterocycles. The highest BCUT2D eigenvalue weighted by molar-refractivity contribution is 7.89. The summed E-state index contributed by atoms with van der Waals surface area (Å²) in [6, 6.07) is 10.7. The Kier molecular flexibility index (Phi) is 5.87. The van der Waals surface area contributed by atoms with Gasteiger partial charge in [-0.25, -0.2) is 12.8 Å². The Morgan fingerprint density at radius 2 is 1.61 bits per heavy atom. The zero-order valence-corrected chi connectivity index (χ0v) is 16.0. The molecule has 9 heteroatoms. The van der Waals surface area contributed by atoms with Gasteiger partial charge in [0, 0.05) is 13.1 Å². The van der Waals surface area contributed by atoms with Crippen LogP contribution in [0.5, 0.6) is 0 Å². The second-order valence-electron chi connectivity index (χ2n) is 6.06. The maximum atomic E-state index is 13.1. The molecule has 0 amide bonds. The Labute approximate surface area is 163 Å². The molecule has 148 valence electrons. The van der Waals surface area contributed by atoms with Gasteiger partial charge in [0.15, 0.2) is 0 Å². The van der Waals surface area contributed by atoms with Crippen LogP contribution in [0.15, 0.2) is 70.3 Å². The molecule has 0 saturated carbocycles. The van der Waals surface area contributed by atoms with Crippen molar-refractivity contribution in [3.63, 3.8) is 0 Å². The standard InChI is InChI=1S/C19H15F4NO2S2/c20-17-6-4-14(5-7-17)11-24(12-15-8-9-27-13-15)28(25,26)18-3-1-2-16(10-18)19(21,22)23/h1-10,13H,11-12H2. The number of halogens is 4. The third-order valence-corrected chi connectivity index (χ3v) is 6.53. The number of hydrogen-bond donors (Lipinski definition) is 0. The summed E-state index contributed by atoms with van der Waals surface area (Å²) >= 11 is 1.38. The van der Waals surface area contributed by atoms with Crippen LogP contribution in [0.4, 0.5) is 17.6 Å². The van der Waals surface area contributed by atoms with E-state index in [1.807, 2.05) is 0 Å². The van der Waals surface area contributed by atoms with Crippen molar-refractivity contribution in [2.24, 2.45) is 0 Å². The molecular formula is C19H15F4NO2S2. The highest BCUT2D eigenvalue weighted by Crippen LogP contribution is 2.31. The molecule has 0 bridgehead atoms. The Morgan fingerprint density at radius 1 is 0.929 bits per heavy atom. The highest BCUT2D eigenvalue weighted by atomic mass is 32.2. The van der Waals surface area contributed by atoms with Gasteiger partial charge in [0.25, 0.3) is 0 Å². The molecule has 0 radical (unpaired) electrons. The van der Waals surface area contributed by atoms with E-state index in [4.69, 9.17) is 0 Å². The van der Waals surface area contributed by atoms with Crippen molar-refractivity contribution in [1.29, 1.82) is 0 Å². The molecule has 0 saturated heterocycles. The normalized spacial score (nSPS) is 12.5. The van der Waals surface area contributed by atoms with E-state index < -0.39 is 32.5 Å². The van der Waals surface area contributed by atoms with E-state index in [9.17, 15) is 26.0 Å². The second kappa shape index (κ2) is 8.02. The molecule has 1 heterocycles. The molecule has 3 nitrogen and oxygen atoms in total. The number of alkyl halides is 3. The summed E-state index contributed by atoms with van der Waals surface area (Å²) < 4.78 is 79.4. The van der Waals surface area contributed by atoms with Gasteiger partial charge in [-0.3, -0.25) is 0 Å². The molecule has 0 atom stereocenters. The molecule has 3 rings (SSSR count). The van der Waals surface area contributed by atoms with Crippen molar-refractivity contribution in [3.8, 4) is 0 Å². The third-order valence-electron chi connectivity index (χ3n) is 4.01. The maximum absolute atomic E-state index is 13.1. The molecule has 0 unspecified atom stereocenters. The topological polar surface area (TPSA) is 37.4 Å². The number of hydrogen-bond acceptors (Lipinski definition) is 3. The monoisotopic (exact) mass is 429 g/mol. The van der Waals surface area contributed by atoms with Gasteiger partial charge < -0.3 is 0 Å². The average Bonchev–Trinajstić information content (AvgIpc) is 3.15. The first-order valence-electron chi connectivity index (χ1n) is 8.09. The van der Waals surface area contributed by atoms with Crippen molar-refractivity contribution in [3.05, 3.63) is 87.9 Å². The van der Waals surface area contributed by atoms with Crippen LogP contribution >= 0.6 is 11.3 Å². The molecule has 3 aromatic rings. The SMILES string of the molecule is O=S(=O)(c1cccc(C(F)(F)F)c1)N(Cc1ccc(F)cc1)Cc1ccsc1. The predicted octanol–water partition coefficient (Wildman–Crippen LogP) is 5.30.